The summed E-state index contributed by atoms with van der Waals surface area (Å²) >= 11 is 0. The van der Waals surface area contributed by atoms with Crippen LogP contribution in [-0.4, -0.2) is 24.2 Å². The summed E-state index contributed by atoms with van der Waals surface area (Å²) in [6, 6.07) is 6.42. The molecular weight excluding hydrogens is 220 g/mol. The number of aliphatic imine (C=N–C) groups is 1. The van der Waals surface area contributed by atoms with E-state index < -0.39 is 0 Å². The van der Waals surface area contributed by atoms with Gasteiger partial charge in [0.25, 0.3) is 0 Å². The Morgan fingerprint density at radius 3 is 2.89 bits per heavy atom. The van der Waals surface area contributed by atoms with Gasteiger partial charge in [-0.1, -0.05) is 25.6 Å². The van der Waals surface area contributed by atoms with Crippen molar-refractivity contribution in [3.05, 3.63) is 35.9 Å². The molecule has 0 radical (unpaired) electrons. The fourth-order valence-corrected chi connectivity index (χ4v) is 2.43. The molecule has 2 rings (SSSR count). The van der Waals surface area contributed by atoms with Crippen molar-refractivity contribution in [3.63, 3.8) is 0 Å². The van der Waals surface area contributed by atoms with E-state index in [4.69, 9.17) is 0 Å². The first-order chi connectivity index (χ1) is 8.61. The van der Waals surface area contributed by atoms with E-state index in [1.807, 2.05) is 13.1 Å². The van der Waals surface area contributed by atoms with Crippen molar-refractivity contribution in [3.8, 4) is 0 Å². The van der Waals surface area contributed by atoms with E-state index in [1.165, 1.54) is 17.5 Å². The number of nitrogens with zero attached hydrogens (tertiary/aromatic N) is 2. The highest BCUT2D eigenvalue weighted by Gasteiger charge is 2.20. The first kappa shape index (κ1) is 12.9. The molecule has 1 heterocycles. The predicted molar refractivity (Wildman–Crippen MR) is 79.4 cm³/mol. The SMILES string of the molecule is C=C(c1ccc(C)c(N=CC)c1)N1CCC(C)C1. The first-order valence-electron chi connectivity index (χ1n) is 6.65. The van der Waals surface area contributed by atoms with Crippen LogP contribution in [0.2, 0.25) is 0 Å². The molecule has 0 aliphatic carbocycles. The molecule has 96 valence electrons. The van der Waals surface area contributed by atoms with Crippen molar-refractivity contribution in [1.29, 1.82) is 0 Å². The minimum atomic E-state index is 0.778. The van der Waals surface area contributed by atoms with E-state index in [0.29, 0.717) is 0 Å². The topological polar surface area (TPSA) is 15.6 Å². The van der Waals surface area contributed by atoms with Gasteiger partial charge in [-0.05, 0) is 43.4 Å². The van der Waals surface area contributed by atoms with Gasteiger partial charge in [-0.2, -0.15) is 0 Å². The van der Waals surface area contributed by atoms with Gasteiger partial charge in [0.2, 0.25) is 0 Å². The molecule has 1 aliphatic rings. The predicted octanol–water partition coefficient (Wildman–Crippen LogP) is 4.03. The van der Waals surface area contributed by atoms with Gasteiger partial charge in [0.1, 0.15) is 0 Å². The Hall–Kier alpha value is -1.57. The zero-order valence-electron chi connectivity index (χ0n) is 11.6. The van der Waals surface area contributed by atoms with Gasteiger partial charge in [-0.25, -0.2) is 0 Å². The first-order valence-corrected chi connectivity index (χ1v) is 6.65. The van der Waals surface area contributed by atoms with Gasteiger partial charge in [0.15, 0.2) is 0 Å². The Kier molecular flexibility index (Phi) is 3.85. The average molecular weight is 242 g/mol. The van der Waals surface area contributed by atoms with Gasteiger partial charge >= 0.3 is 0 Å². The van der Waals surface area contributed by atoms with Gasteiger partial charge in [-0.3, -0.25) is 4.99 Å². The van der Waals surface area contributed by atoms with Gasteiger partial charge in [-0.15, -0.1) is 0 Å². The molecule has 1 fully saturated rings. The Bertz CT molecular complexity index is 474. The molecule has 1 aliphatic heterocycles. The second-order valence-electron chi connectivity index (χ2n) is 5.18. The lowest BCUT2D eigenvalue weighted by Crippen LogP contribution is -2.17. The maximum absolute atomic E-state index is 4.41. The number of benzene rings is 1. The van der Waals surface area contributed by atoms with Crippen molar-refractivity contribution in [2.24, 2.45) is 10.9 Å². The summed E-state index contributed by atoms with van der Waals surface area (Å²) in [4.78, 5) is 6.79. The van der Waals surface area contributed by atoms with E-state index >= 15 is 0 Å². The maximum Gasteiger partial charge on any atom is 0.0661 e. The highest BCUT2D eigenvalue weighted by molar-refractivity contribution is 5.69. The van der Waals surface area contributed by atoms with Crippen LogP contribution >= 0.6 is 0 Å². The molecule has 2 nitrogen and oxygen atoms in total. The quantitative estimate of drug-likeness (QED) is 0.731. The third-order valence-corrected chi connectivity index (χ3v) is 3.62. The number of likely N-dealkylation sites (tertiary alicyclic amines) is 1. The zero-order chi connectivity index (χ0) is 13.1. The zero-order valence-corrected chi connectivity index (χ0v) is 11.6. The number of rotatable bonds is 3. The largest absolute Gasteiger partial charge is 0.371 e. The summed E-state index contributed by atoms with van der Waals surface area (Å²) in [6.45, 7) is 12.8. The van der Waals surface area contributed by atoms with Crippen LogP contribution in [0.1, 0.15) is 31.4 Å². The van der Waals surface area contributed by atoms with Crippen LogP contribution < -0.4 is 0 Å². The fourth-order valence-electron chi connectivity index (χ4n) is 2.43. The van der Waals surface area contributed by atoms with E-state index in [-0.39, 0.29) is 0 Å². The monoisotopic (exact) mass is 242 g/mol. The summed E-state index contributed by atoms with van der Waals surface area (Å²) in [7, 11) is 0. The minimum absolute atomic E-state index is 0.778. The highest BCUT2D eigenvalue weighted by Crippen LogP contribution is 2.28. The van der Waals surface area contributed by atoms with Crippen molar-refractivity contribution >= 4 is 17.6 Å². The van der Waals surface area contributed by atoms with Gasteiger partial charge < -0.3 is 4.90 Å². The van der Waals surface area contributed by atoms with E-state index in [2.05, 4.69) is 48.5 Å². The Labute approximate surface area is 110 Å². The van der Waals surface area contributed by atoms with Crippen molar-refractivity contribution < 1.29 is 0 Å². The lowest BCUT2D eigenvalue weighted by Gasteiger charge is -2.21. The van der Waals surface area contributed by atoms with Crippen LogP contribution in [0, 0.1) is 12.8 Å². The second-order valence-corrected chi connectivity index (χ2v) is 5.18. The number of hydrogen-bond donors (Lipinski definition) is 0. The van der Waals surface area contributed by atoms with E-state index in [0.717, 1.165) is 30.4 Å². The standard InChI is InChI=1S/C16H22N2/c1-5-17-16-10-15(7-6-13(16)3)14(4)18-9-8-12(2)11-18/h5-7,10,12H,4,8-9,11H2,1-3H3. The smallest absolute Gasteiger partial charge is 0.0661 e. The molecule has 1 aromatic carbocycles. The van der Waals surface area contributed by atoms with Crippen LogP contribution in [0.4, 0.5) is 5.69 Å². The molecule has 2 heteroatoms. The molecule has 1 unspecified atom stereocenters. The summed E-state index contributed by atoms with van der Waals surface area (Å²) in [5, 5.41) is 0. The Balaban J connectivity index is 2.23. The third-order valence-electron chi connectivity index (χ3n) is 3.62. The summed E-state index contributed by atoms with van der Waals surface area (Å²) < 4.78 is 0. The molecule has 1 saturated heterocycles. The Morgan fingerprint density at radius 1 is 1.50 bits per heavy atom. The summed E-state index contributed by atoms with van der Waals surface area (Å²) in [6.07, 6.45) is 3.11. The Morgan fingerprint density at radius 2 is 2.28 bits per heavy atom. The maximum atomic E-state index is 4.41. The lowest BCUT2D eigenvalue weighted by molar-refractivity contribution is 0.472. The van der Waals surface area contributed by atoms with Crippen molar-refractivity contribution in [2.75, 3.05) is 13.1 Å². The normalized spacial score (nSPS) is 19.7. The van der Waals surface area contributed by atoms with Crippen LogP contribution in [0.25, 0.3) is 5.70 Å². The van der Waals surface area contributed by atoms with E-state index in [1.54, 1.807) is 0 Å². The van der Waals surface area contributed by atoms with Crippen molar-refractivity contribution in [1.82, 2.24) is 4.90 Å². The average Bonchev–Trinajstić information content (AvgIpc) is 2.78. The fraction of sp³-hybridized carbons (Fsp3) is 0.438. The summed E-state index contributed by atoms with van der Waals surface area (Å²) in [5.41, 5.74) is 4.57. The van der Waals surface area contributed by atoms with Gasteiger partial charge in [0.05, 0.1) is 5.69 Å². The molecule has 0 saturated carbocycles. The molecule has 0 amide bonds. The molecule has 1 atom stereocenters. The molecule has 18 heavy (non-hydrogen) atoms. The van der Waals surface area contributed by atoms with Gasteiger partial charge in [0, 0.05) is 25.0 Å². The van der Waals surface area contributed by atoms with Crippen LogP contribution in [0.5, 0.6) is 0 Å². The molecule has 1 aromatic rings. The van der Waals surface area contributed by atoms with E-state index in [9.17, 15) is 0 Å². The minimum Gasteiger partial charge on any atom is -0.371 e. The summed E-state index contributed by atoms with van der Waals surface area (Å²) in [5.74, 6) is 0.778. The highest BCUT2D eigenvalue weighted by atomic mass is 15.2. The third kappa shape index (κ3) is 2.63. The number of aryl methyl sites for hydroxylation is 1. The molecule has 0 aromatic heterocycles. The molecule has 0 bridgehead atoms. The van der Waals surface area contributed by atoms with Crippen LogP contribution in [0.15, 0.2) is 29.8 Å². The van der Waals surface area contributed by atoms with Crippen molar-refractivity contribution in [2.45, 2.75) is 27.2 Å². The molecule has 0 N–H and O–H groups in total. The lowest BCUT2D eigenvalue weighted by atomic mass is 10.1. The second kappa shape index (κ2) is 5.38. The molecular formula is C16H22N2. The number of hydrogen-bond acceptors (Lipinski definition) is 2. The van der Waals surface area contributed by atoms with Crippen LogP contribution in [0.3, 0.4) is 0 Å². The molecule has 0 spiro atoms. The van der Waals surface area contributed by atoms with Crippen LogP contribution in [-0.2, 0) is 0 Å².